The van der Waals surface area contributed by atoms with E-state index in [9.17, 15) is 4.39 Å². The minimum atomic E-state index is -0.549. The lowest BCUT2D eigenvalue weighted by Crippen LogP contribution is -2.42. The third-order valence-corrected chi connectivity index (χ3v) is 5.61. The van der Waals surface area contributed by atoms with Gasteiger partial charge in [0.1, 0.15) is 22.1 Å². The van der Waals surface area contributed by atoms with Crippen LogP contribution in [0, 0.1) is 5.82 Å². The number of piperidine rings is 1. The molecule has 1 aliphatic rings. The maximum atomic E-state index is 14.4. The highest BCUT2D eigenvalue weighted by molar-refractivity contribution is 7.13. The summed E-state index contributed by atoms with van der Waals surface area (Å²) in [6.07, 6.45) is 4.79. The molecule has 0 amide bonds. The van der Waals surface area contributed by atoms with E-state index in [1.54, 1.807) is 25.4 Å². The van der Waals surface area contributed by atoms with E-state index in [-0.39, 0.29) is 5.82 Å². The van der Waals surface area contributed by atoms with Gasteiger partial charge >= 0.3 is 0 Å². The first-order valence-corrected chi connectivity index (χ1v) is 9.51. The third kappa shape index (κ3) is 2.89. The third-order valence-electron chi connectivity index (χ3n) is 4.75. The fourth-order valence-corrected chi connectivity index (χ4v) is 4.40. The van der Waals surface area contributed by atoms with Gasteiger partial charge in [0.25, 0.3) is 0 Å². The fraction of sp³-hybridized carbons (Fsp3) is 0.300. The Labute approximate surface area is 156 Å². The lowest BCUT2D eigenvalue weighted by molar-refractivity contribution is 0.289. The maximum absolute atomic E-state index is 14.4. The number of ether oxygens (including phenoxy) is 1. The molecule has 1 atom stereocenters. The molecule has 133 valence electrons. The number of pyridine rings is 1. The molecule has 26 heavy (non-hydrogen) atoms. The monoisotopic (exact) mass is 368 g/mol. The van der Waals surface area contributed by atoms with Crippen molar-refractivity contribution in [3.63, 3.8) is 0 Å². The van der Waals surface area contributed by atoms with Crippen LogP contribution in [0.4, 0.5) is 4.39 Å². The second-order valence-corrected chi connectivity index (χ2v) is 7.13. The minimum absolute atomic E-state index is 0.335. The second-order valence-electron chi connectivity index (χ2n) is 6.27. The SMILES string of the molecule is COc1cccc(F)c1-c1nc([C@@]2(c3ccccn3)CCCC[N]2)cs1. The molecule has 0 N–H and O–H groups in total. The first-order valence-electron chi connectivity index (χ1n) is 8.63. The number of methoxy groups -OCH3 is 1. The maximum Gasteiger partial charge on any atom is 0.137 e. The molecule has 1 fully saturated rings. The summed E-state index contributed by atoms with van der Waals surface area (Å²) < 4.78 is 19.8. The predicted octanol–water partition coefficient (Wildman–Crippen LogP) is 4.38. The summed E-state index contributed by atoms with van der Waals surface area (Å²) in [4.78, 5) is 9.34. The van der Waals surface area contributed by atoms with Gasteiger partial charge in [0.05, 0.1) is 24.1 Å². The molecular weight excluding hydrogens is 349 g/mol. The van der Waals surface area contributed by atoms with Crippen molar-refractivity contribution in [2.75, 3.05) is 13.7 Å². The molecule has 0 spiro atoms. The molecule has 1 aliphatic heterocycles. The molecule has 0 unspecified atom stereocenters. The molecule has 0 saturated carbocycles. The Hall–Kier alpha value is -2.31. The molecule has 1 saturated heterocycles. The zero-order valence-corrected chi connectivity index (χ0v) is 15.3. The quantitative estimate of drug-likeness (QED) is 0.686. The average molecular weight is 368 g/mol. The molecule has 2 aromatic heterocycles. The van der Waals surface area contributed by atoms with E-state index in [1.165, 1.54) is 17.4 Å². The highest BCUT2D eigenvalue weighted by Crippen LogP contribution is 2.41. The van der Waals surface area contributed by atoms with Gasteiger partial charge in [0.15, 0.2) is 0 Å². The molecule has 0 aliphatic carbocycles. The molecule has 0 bridgehead atoms. The van der Waals surface area contributed by atoms with Crippen molar-refractivity contribution in [2.45, 2.75) is 24.8 Å². The topological polar surface area (TPSA) is 49.1 Å². The minimum Gasteiger partial charge on any atom is -0.496 e. The number of benzene rings is 1. The summed E-state index contributed by atoms with van der Waals surface area (Å²) in [5.41, 5.74) is 1.59. The molecule has 3 aromatic rings. The fourth-order valence-electron chi connectivity index (χ4n) is 3.46. The van der Waals surface area contributed by atoms with Crippen LogP contribution in [0.25, 0.3) is 10.6 Å². The summed E-state index contributed by atoms with van der Waals surface area (Å²) in [5.74, 6) is 0.149. The first kappa shape index (κ1) is 17.1. The number of thiazole rings is 1. The second kappa shape index (κ2) is 7.13. The Bertz CT molecular complexity index is 891. The van der Waals surface area contributed by atoms with Crippen LogP contribution in [-0.2, 0) is 5.54 Å². The van der Waals surface area contributed by atoms with Gasteiger partial charge in [-0.25, -0.2) is 14.7 Å². The predicted molar refractivity (Wildman–Crippen MR) is 99.9 cm³/mol. The van der Waals surface area contributed by atoms with Crippen LogP contribution in [0.5, 0.6) is 5.75 Å². The number of hydrogen-bond donors (Lipinski definition) is 0. The van der Waals surface area contributed by atoms with Gasteiger partial charge in [-0.3, -0.25) is 4.98 Å². The summed E-state index contributed by atoms with van der Waals surface area (Å²) in [7, 11) is 1.54. The number of rotatable bonds is 4. The van der Waals surface area contributed by atoms with Crippen molar-refractivity contribution in [3.05, 3.63) is 65.2 Å². The van der Waals surface area contributed by atoms with Gasteiger partial charge < -0.3 is 4.74 Å². The van der Waals surface area contributed by atoms with Crippen molar-refractivity contribution in [3.8, 4) is 16.3 Å². The van der Waals surface area contributed by atoms with E-state index in [1.807, 2.05) is 23.6 Å². The highest BCUT2D eigenvalue weighted by Gasteiger charge is 2.40. The van der Waals surface area contributed by atoms with E-state index in [0.717, 1.165) is 37.2 Å². The Kier molecular flexibility index (Phi) is 4.70. The van der Waals surface area contributed by atoms with Crippen molar-refractivity contribution in [2.24, 2.45) is 0 Å². The number of hydrogen-bond acceptors (Lipinski definition) is 4. The number of halogens is 1. The number of aromatic nitrogens is 2. The van der Waals surface area contributed by atoms with Crippen LogP contribution in [0.15, 0.2) is 48.0 Å². The first-order chi connectivity index (χ1) is 12.7. The zero-order chi connectivity index (χ0) is 18.0. The van der Waals surface area contributed by atoms with Crippen molar-refractivity contribution in [1.82, 2.24) is 15.3 Å². The van der Waals surface area contributed by atoms with E-state index < -0.39 is 5.54 Å². The molecule has 3 heterocycles. The summed E-state index contributed by atoms with van der Waals surface area (Å²) in [6, 6.07) is 10.7. The molecule has 6 heteroatoms. The average Bonchev–Trinajstić information content (AvgIpc) is 3.19. The van der Waals surface area contributed by atoms with Crippen LogP contribution < -0.4 is 10.1 Å². The van der Waals surface area contributed by atoms with Crippen molar-refractivity contribution < 1.29 is 9.13 Å². The molecule has 1 aromatic carbocycles. The Morgan fingerprint density at radius 3 is 2.77 bits per heavy atom. The van der Waals surface area contributed by atoms with Gasteiger partial charge in [0.2, 0.25) is 0 Å². The van der Waals surface area contributed by atoms with Gasteiger partial charge in [-0.2, -0.15) is 0 Å². The van der Waals surface area contributed by atoms with Crippen LogP contribution in [0.2, 0.25) is 0 Å². The standard InChI is InChI=1S/C20H19FN3OS/c1-25-15-8-6-7-14(21)18(15)19-24-17(13-26-19)20(10-3-5-12-23-20)16-9-2-4-11-22-16/h2,4,6-9,11,13H,3,5,10,12H2,1H3/t20-/m0/s1. The summed E-state index contributed by atoms with van der Waals surface area (Å²) in [5, 5.41) is 7.51. The Morgan fingerprint density at radius 1 is 1.12 bits per heavy atom. The van der Waals surface area contributed by atoms with Crippen LogP contribution in [-0.4, -0.2) is 23.6 Å². The van der Waals surface area contributed by atoms with E-state index in [4.69, 9.17) is 15.0 Å². The highest BCUT2D eigenvalue weighted by atomic mass is 32.1. The lowest BCUT2D eigenvalue weighted by atomic mass is 9.83. The smallest absolute Gasteiger partial charge is 0.137 e. The van der Waals surface area contributed by atoms with E-state index >= 15 is 0 Å². The van der Waals surface area contributed by atoms with Gasteiger partial charge in [-0.15, -0.1) is 11.3 Å². The molecule has 4 nitrogen and oxygen atoms in total. The summed E-state index contributed by atoms with van der Waals surface area (Å²) >= 11 is 1.41. The molecule has 1 radical (unpaired) electrons. The lowest BCUT2D eigenvalue weighted by Gasteiger charge is -2.35. The molecule has 4 rings (SSSR count). The van der Waals surface area contributed by atoms with Gasteiger partial charge in [-0.05, 0) is 43.5 Å². The van der Waals surface area contributed by atoms with Crippen LogP contribution >= 0.6 is 11.3 Å². The van der Waals surface area contributed by atoms with Crippen molar-refractivity contribution in [1.29, 1.82) is 0 Å². The van der Waals surface area contributed by atoms with Gasteiger partial charge in [-0.1, -0.05) is 12.1 Å². The van der Waals surface area contributed by atoms with Crippen molar-refractivity contribution >= 4 is 11.3 Å². The summed E-state index contributed by atoms with van der Waals surface area (Å²) in [6.45, 7) is 0.784. The Morgan fingerprint density at radius 2 is 2.04 bits per heavy atom. The Balaban J connectivity index is 1.81. The van der Waals surface area contributed by atoms with E-state index in [2.05, 4.69) is 4.98 Å². The number of nitrogens with zero attached hydrogens (tertiary/aromatic N) is 3. The zero-order valence-electron chi connectivity index (χ0n) is 14.5. The molecular formula is C20H19FN3OS. The van der Waals surface area contributed by atoms with E-state index in [0.29, 0.717) is 16.3 Å². The van der Waals surface area contributed by atoms with Gasteiger partial charge in [0, 0.05) is 18.1 Å². The van der Waals surface area contributed by atoms with Crippen LogP contribution in [0.3, 0.4) is 0 Å². The normalized spacial score (nSPS) is 20.1. The largest absolute Gasteiger partial charge is 0.496 e. The van der Waals surface area contributed by atoms with Crippen LogP contribution in [0.1, 0.15) is 30.7 Å².